The summed E-state index contributed by atoms with van der Waals surface area (Å²) in [7, 11) is -9.00. The molecule has 1 rings (SSSR count). The van der Waals surface area contributed by atoms with E-state index in [9.17, 15) is 4.79 Å². The van der Waals surface area contributed by atoms with E-state index in [0.717, 1.165) is 6.29 Å². The minimum absolute atomic E-state index is 0.0172. The van der Waals surface area contributed by atoms with Gasteiger partial charge in [0.25, 0.3) is 0 Å². The Balaban J connectivity index is 3.84. The van der Waals surface area contributed by atoms with Gasteiger partial charge < -0.3 is 27.2 Å². The number of hydrogen-bond donors (Lipinski definition) is 0. The van der Waals surface area contributed by atoms with Gasteiger partial charge in [-0.05, 0) is 72.5 Å². The lowest BCUT2D eigenvalue weighted by atomic mass is 9.96. The molecule has 0 aromatic rings. The highest BCUT2D eigenvalue weighted by molar-refractivity contribution is 6.75. The summed E-state index contributed by atoms with van der Waals surface area (Å²) < 4.78 is 35.1. The molecule has 3 unspecified atom stereocenters. The van der Waals surface area contributed by atoms with Gasteiger partial charge in [0.1, 0.15) is 30.5 Å². The fraction of sp³-hybridized carbons (Fsp3) is 0.968. The van der Waals surface area contributed by atoms with Gasteiger partial charge in [-0.2, -0.15) is 0 Å². The molecule has 5 atom stereocenters. The zero-order valence-electron chi connectivity index (χ0n) is 30.6. The Morgan fingerprint density at radius 3 is 1.17 bits per heavy atom. The predicted octanol–water partition coefficient (Wildman–Crippen LogP) is 9.15. The fourth-order valence-corrected chi connectivity index (χ4v) is 8.59. The van der Waals surface area contributed by atoms with Crippen molar-refractivity contribution in [2.45, 2.75) is 186 Å². The van der Waals surface area contributed by atoms with Crippen LogP contribution >= 0.6 is 0 Å². The van der Waals surface area contributed by atoms with Crippen molar-refractivity contribution in [3.05, 3.63) is 0 Å². The molecule has 1 saturated heterocycles. The molecule has 0 saturated carbocycles. The first-order valence-corrected chi connectivity index (χ1v) is 27.2. The highest BCUT2D eigenvalue weighted by Crippen LogP contribution is 2.46. The number of ether oxygens (including phenoxy) is 1. The minimum atomic E-state index is -2.31. The van der Waals surface area contributed by atoms with E-state index in [-0.39, 0.29) is 20.2 Å². The molecule has 0 radical (unpaired) electrons. The number of carbonyl (C=O) groups excluding carboxylic acids is 1. The second-order valence-electron chi connectivity index (χ2n) is 18.4. The van der Waals surface area contributed by atoms with Crippen molar-refractivity contribution in [1.29, 1.82) is 0 Å². The van der Waals surface area contributed by atoms with Crippen molar-refractivity contribution >= 4 is 39.6 Å². The molecule has 0 bridgehead atoms. The van der Waals surface area contributed by atoms with Crippen molar-refractivity contribution in [3.8, 4) is 0 Å². The van der Waals surface area contributed by atoms with E-state index in [0.29, 0.717) is 6.61 Å². The summed E-state index contributed by atoms with van der Waals surface area (Å²) in [5.41, 5.74) is 0. The Labute approximate surface area is 258 Å². The van der Waals surface area contributed by atoms with Gasteiger partial charge in [0.15, 0.2) is 39.6 Å². The van der Waals surface area contributed by atoms with E-state index in [2.05, 4.69) is 135 Å². The molecule has 0 aromatic heterocycles. The Bertz CT molecular complexity index is 875. The molecule has 0 N–H and O–H groups in total. The van der Waals surface area contributed by atoms with Crippen LogP contribution in [0.4, 0.5) is 0 Å². The molecule has 244 valence electrons. The molecule has 1 aliphatic rings. The van der Waals surface area contributed by atoms with Crippen LogP contribution in [0, 0.1) is 0 Å². The lowest BCUT2D eigenvalue weighted by Gasteiger charge is -2.54. The monoisotopic (exact) mass is 648 g/mol. The van der Waals surface area contributed by atoms with Gasteiger partial charge in [0, 0.05) is 0 Å². The molecule has 0 aromatic carbocycles. The van der Waals surface area contributed by atoms with Crippen LogP contribution in [0.5, 0.6) is 0 Å². The third-order valence-electron chi connectivity index (χ3n) is 10.9. The number of carbonyl (C=O) groups is 1. The highest BCUT2D eigenvalue weighted by atomic mass is 28.4. The zero-order chi connectivity index (χ0) is 32.8. The van der Waals surface area contributed by atoms with Gasteiger partial charge in [-0.3, -0.25) is 0 Å². The third kappa shape index (κ3) is 9.42. The summed E-state index contributed by atoms with van der Waals surface area (Å²) in [5.74, 6) is 0. The molecule has 41 heavy (non-hydrogen) atoms. The van der Waals surface area contributed by atoms with Gasteiger partial charge in [-0.1, -0.05) is 83.1 Å². The molecular weight excluding hydrogens is 581 g/mol. The first-order valence-electron chi connectivity index (χ1n) is 15.6. The molecule has 0 aliphatic carbocycles. The first-order chi connectivity index (χ1) is 17.8. The van der Waals surface area contributed by atoms with Crippen molar-refractivity contribution in [3.63, 3.8) is 0 Å². The van der Waals surface area contributed by atoms with Gasteiger partial charge in [-0.25, -0.2) is 0 Å². The minimum Gasteiger partial charge on any atom is -0.414 e. The molecule has 1 fully saturated rings. The summed E-state index contributed by atoms with van der Waals surface area (Å²) in [5, 5.41) is -0.0403. The van der Waals surface area contributed by atoms with Crippen LogP contribution < -0.4 is 0 Å². The summed E-state index contributed by atoms with van der Waals surface area (Å²) in [4.78, 5) is 12.8. The largest absolute Gasteiger partial charge is 0.414 e. The summed E-state index contributed by atoms with van der Waals surface area (Å²) in [6.07, 6.45) is -1.70. The van der Waals surface area contributed by atoms with Crippen LogP contribution in [0.3, 0.4) is 0 Å². The highest BCUT2D eigenvalue weighted by Gasteiger charge is 2.56. The molecule has 1 aliphatic heterocycles. The van der Waals surface area contributed by atoms with Crippen molar-refractivity contribution in [1.82, 2.24) is 0 Å². The number of aldehydes is 1. The standard InChI is InChI=1S/C31H68O6Si4/c1-28(2,3)38(13,14)33-22-24-26(36-40(17,18)30(7,8)9)27(37-41(19,20)31(10,11)12)25(23(21-32)34-24)35-39(15,16)29(4,5)6/h21,23-27H,22H2,1-20H3/t23-,24?,25?,26-,27?/m0/s1. The fourth-order valence-electron chi connectivity index (χ4n) is 3.65. The molecule has 0 spiro atoms. The predicted molar refractivity (Wildman–Crippen MR) is 184 cm³/mol. The quantitative estimate of drug-likeness (QED) is 0.174. The van der Waals surface area contributed by atoms with Crippen LogP contribution in [0.2, 0.25) is 72.5 Å². The van der Waals surface area contributed by atoms with Crippen LogP contribution in [0.25, 0.3) is 0 Å². The molecule has 10 heteroatoms. The van der Waals surface area contributed by atoms with Gasteiger partial charge >= 0.3 is 0 Å². The smallest absolute Gasteiger partial charge is 0.192 e. The van der Waals surface area contributed by atoms with Crippen LogP contribution in [-0.4, -0.2) is 76.7 Å². The van der Waals surface area contributed by atoms with E-state index < -0.39 is 63.8 Å². The van der Waals surface area contributed by atoms with Crippen LogP contribution in [-0.2, 0) is 27.2 Å². The van der Waals surface area contributed by atoms with Crippen molar-refractivity contribution in [2.75, 3.05) is 6.61 Å². The maximum atomic E-state index is 12.8. The van der Waals surface area contributed by atoms with E-state index in [1.807, 2.05) is 0 Å². The van der Waals surface area contributed by atoms with Crippen LogP contribution in [0.15, 0.2) is 0 Å². The topological polar surface area (TPSA) is 63.2 Å². The molecule has 6 nitrogen and oxygen atoms in total. The second-order valence-corrected chi connectivity index (χ2v) is 37.5. The Kier molecular flexibility index (Phi) is 12.1. The Morgan fingerprint density at radius 1 is 0.537 bits per heavy atom. The summed E-state index contributed by atoms with van der Waals surface area (Å²) in [6, 6.07) is 0. The lowest BCUT2D eigenvalue weighted by molar-refractivity contribution is -0.209. The Morgan fingerprint density at radius 2 is 0.854 bits per heavy atom. The van der Waals surface area contributed by atoms with Gasteiger partial charge in [-0.15, -0.1) is 0 Å². The van der Waals surface area contributed by atoms with E-state index >= 15 is 0 Å². The Hall–Kier alpha value is 0.338. The summed E-state index contributed by atoms with van der Waals surface area (Å²) in [6.45, 7) is 45.3. The third-order valence-corrected chi connectivity index (χ3v) is 28.9. The van der Waals surface area contributed by atoms with Crippen molar-refractivity contribution in [2.24, 2.45) is 0 Å². The average Bonchev–Trinajstić information content (AvgIpc) is 2.71. The maximum absolute atomic E-state index is 12.8. The molecule has 0 amide bonds. The normalized spacial score (nSPS) is 26.3. The second kappa shape index (κ2) is 12.6. The van der Waals surface area contributed by atoms with E-state index in [1.54, 1.807) is 0 Å². The van der Waals surface area contributed by atoms with Gasteiger partial charge in [0.05, 0.1) is 6.61 Å². The SMILES string of the molecule is CC(C)(C)[Si](C)(C)OCC1O[C@@H](C=O)C(O[Si](C)(C)C(C)(C)C)C(O[Si](C)(C)C(C)(C)C)[C@H]1O[Si](C)(C)C(C)(C)C. The van der Waals surface area contributed by atoms with Crippen LogP contribution in [0.1, 0.15) is 83.1 Å². The molecular formula is C31H68O6Si4. The zero-order valence-corrected chi connectivity index (χ0v) is 34.6. The maximum Gasteiger partial charge on any atom is 0.192 e. The van der Waals surface area contributed by atoms with E-state index in [4.69, 9.17) is 22.4 Å². The van der Waals surface area contributed by atoms with E-state index in [1.165, 1.54) is 0 Å². The van der Waals surface area contributed by atoms with Gasteiger partial charge in [0.2, 0.25) is 0 Å². The number of hydrogen-bond acceptors (Lipinski definition) is 6. The van der Waals surface area contributed by atoms with Crippen molar-refractivity contribution < 1.29 is 27.2 Å². The average molecular weight is 649 g/mol. The molecule has 1 heterocycles. The number of rotatable bonds is 10. The summed E-state index contributed by atoms with van der Waals surface area (Å²) >= 11 is 0. The lowest BCUT2D eigenvalue weighted by Crippen LogP contribution is -2.68. The first kappa shape index (κ1) is 39.4.